The van der Waals surface area contributed by atoms with Gasteiger partial charge in [-0.15, -0.1) is 0 Å². The number of hydrogen-bond donors (Lipinski definition) is 0. The van der Waals surface area contributed by atoms with Crippen molar-refractivity contribution in [3.63, 3.8) is 0 Å². The topological polar surface area (TPSA) is 43.4 Å². The number of carboxylic acid groups (broad SMARTS) is 1. The smallest absolute Gasteiger partial charge is 0.548 e. The quantitative estimate of drug-likeness (QED) is 0.0512. The molecule has 0 bridgehead atoms. The van der Waals surface area contributed by atoms with Gasteiger partial charge in [0.2, 0.25) is 0 Å². The second kappa shape index (κ2) is 39.2. The van der Waals surface area contributed by atoms with Gasteiger partial charge in [0.15, 0.2) is 0 Å². The molecule has 252 valence electrons. The summed E-state index contributed by atoms with van der Waals surface area (Å²) in [4.78, 5) is 13.7. The van der Waals surface area contributed by atoms with Crippen LogP contribution in [0.2, 0.25) is 0 Å². The van der Waals surface area contributed by atoms with E-state index in [4.69, 9.17) is 0 Å². The first-order valence-corrected chi connectivity index (χ1v) is 19.6. The normalized spacial score (nSPS) is 12.1. The third-order valence-electron chi connectivity index (χ3n) is 9.49. The van der Waals surface area contributed by atoms with Crippen LogP contribution in [0.15, 0.2) is 0 Å². The number of nitrogens with zero attached hydrogens (tertiary/aromatic N) is 1. The van der Waals surface area contributed by atoms with E-state index in [9.17, 15) is 9.90 Å². The summed E-state index contributed by atoms with van der Waals surface area (Å²) in [6.45, 7) is 8.21. The Morgan fingerprint density at radius 3 is 0.791 bits per heavy atom. The molecule has 3 nitrogen and oxygen atoms in total. The first kappa shape index (κ1) is 46.2. The fourth-order valence-electron chi connectivity index (χ4n) is 6.37. The predicted octanol–water partition coefficient (Wildman–Crippen LogP) is 8.95. The maximum Gasteiger partial charge on any atom is 1.00 e. The van der Waals surface area contributed by atoms with Crippen LogP contribution in [-0.4, -0.2) is 30.0 Å². The van der Waals surface area contributed by atoms with Crippen molar-refractivity contribution in [3.05, 3.63) is 0 Å². The van der Waals surface area contributed by atoms with Gasteiger partial charge in [-0.25, -0.2) is 0 Å². The van der Waals surface area contributed by atoms with E-state index in [0.717, 1.165) is 25.9 Å². The fraction of sp³-hybridized carbons (Fsp3) is 0.974. The number of unbranched alkanes of at least 4 members (excludes halogenated alkanes) is 30. The van der Waals surface area contributed by atoms with Gasteiger partial charge in [-0.1, -0.05) is 206 Å². The van der Waals surface area contributed by atoms with E-state index in [2.05, 4.69) is 18.7 Å². The van der Waals surface area contributed by atoms with Crippen molar-refractivity contribution in [2.75, 3.05) is 13.1 Å². The molecule has 0 aromatic rings. The van der Waals surface area contributed by atoms with Crippen molar-refractivity contribution in [1.82, 2.24) is 4.90 Å². The Hall–Kier alpha value is 1.07. The average molecular weight is 632 g/mol. The predicted molar refractivity (Wildman–Crippen MR) is 185 cm³/mol. The van der Waals surface area contributed by atoms with E-state index < -0.39 is 12.0 Å². The average Bonchev–Trinajstić information content (AvgIpc) is 2.99. The van der Waals surface area contributed by atoms with E-state index in [-0.39, 0.29) is 51.4 Å². The van der Waals surface area contributed by atoms with E-state index in [1.54, 1.807) is 0 Å². The van der Waals surface area contributed by atoms with Crippen LogP contribution in [-0.2, 0) is 4.79 Å². The third-order valence-corrected chi connectivity index (χ3v) is 9.49. The third kappa shape index (κ3) is 35.8. The minimum Gasteiger partial charge on any atom is -0.548 e. The molecule has 0 aliphatic rings. The molecule has 0 aromatic carbocycles. The number of carbonyl (C=O) groups excluding carboxylic acids is 1. The molecule has 0 saturated heterocycles. The van der Waals surface area contributed by atoms with E-state index in [0.29, 0.717) is 0 Å². The molecule has 4 heteroatoms. The number of carboxylic acids is 1. The van der Waals surface area contributed by atoms with Crippen molar-refractivity contribution < 1.29 is 61.3 Å². The van der Waals surface area contributed by atoms with E-state index >= 15 is 0 Å². The zero-order valence-corrected chi connectivity index (χ0v) is 33.5. The molecule has 0 spiro atoms. The standard InChI is InChI=1S/C39H79NO2.K/c1-4-6-8-10-12-14-16-18-20-22-24-26-28-30-32-34-36-40(38(3)39(41)42)37-35-33-31-29-27-25-23-21-19-17-15-13-11-9-7-5-2;/h38H,4-37H2,1-3H3,(H,41,42);/q;+1/p-1. The summed E-state index contributed by atoms with van der Waals surface area (Å²) in [6, 6.07) is -0.460. The van der Waals surface area contributed by atoms with Crippen LogP contribution < -0.4 is 56.5 Å². The van der Waals surface area contributed by atoms with Crippen molar-refractivity contribution in [3.8, 4) is 0 Å². The van der Waals surface area contributed by atoms with Crippen LogP contribution in [0.1, 0.15) is 226 Å². The van der Waals surface area contributed by atoms with E-state index in [1.807, 2.05) is 6.92 Å². The summed E-state index contributed by atoms with van der Waals surface area (Å²) in [7, 11) is 0. The van der Waals surface area contributed by atoms with Gasteiger partial charge in [0.05, 0.1) is 5.97 Å². The molecule has 1 atom stereocenters. The molecule has 1 unspecified atom stereocenters. The van der Waals surface area contributed by atoms with Crippen molar-refractivity contribution >= 4 is 5.97 Å². The van der Waals surface area contributed by atoms with Gasteiger partial charge in [-0.05, 0) is 32.9 Å². The summed E-state index contributed by atoms with van der Waals surface area (Å²) < 4.78 is 0. The minimum atomic E-state index is -0.914. The maximum atomic E-state index is 11.5. The van der Waals surface area contributed by atoms with Crippen LogP contribution in [0.25, 0.3) is 0 Å². The zero-order valence-electron chi connectivity index (χ0n) is 30.4. The summed E-state index contributed by atoms with van der Waals surface area (Å²) in [6.07, 6.45) is 43.9. The van der Waals surface area contributed by atoms with E-state index in [1.165, 1.54) is 193 Å². The Labute approximate surface area is 314 Å². The Bertz CT molecular complexity index is 493. The second-order valence-electron chi connectivity index (χ2n) is 13.6. The molecule has 0 aliphatic heterocycles. The molecule has 0 N–H and O–H groups in total. The Balaban J connectivity index is 0. The Morgan fingerprint density at radius 2 is 0.605 bits per heavy atom. The Morgan fingerprint density at radius 1 is 0.419 bits per heavy atom. The van der Waals surface area contributed by atoms with Crippen molar-refractivity contribution in [1.29, 1.82) is 0 Å². The van der Waals surface area contributed by atoms with Gasteiger partial charge in [0.1, 0.15) is 0 Å². The van der Waals surface area contributed by atoms with Gasteiger partial charge in [-0.3, -0.25) is 4.90 Å². The van der Waals surface area contributed by atoms with Crippen LogP contribution in [0.5, 0.6) is 0 Å². The molecule has 0 aliphatic carbocycles. The Kier molecular flexibility index (Phi) is 42.2. The molecule has 0 heterocycles. The maximum absolute atomic E-state index is 11.5. The first-order chi connectivity index (χ1) is 20.6. The van der Waals surface area contributed by atoms with Gasteiger partial charge >= 0.3 is 51.4 Å². The summed E-state index contributed by atoms with van der Waals surface area (Å²) >= 11 is 0. The number of aliphatic carboxylic acids is 1. The van der Waals surface area contributed by atoms with Gasteiger partial charge in [0, 0.05) is 6.04 Å². The number of rotatable bonds is 36. The fourth-order valence-corrected chi connectivity index (χ4v) is 6.37. The summed E-state index contributed by atoms with van der Waals surface area (Å²) in [5, 5.41) is 11.5. The van der Waals surface area contributed by atoms with Crippen LogP contribution in [0.3, 0.4) is 0 Å². The van der Waals surface area contributed by atoms with Crippen molar-refractivity contribution in [2.45, 2.75) is 232 Å². The minimum absolute atomic E-state index is 0. The molecule has 43 heavy (non-hydrogen) atoms. The van der Waals surface area contributed by atoms with Crippen molar-refractivity contribution in [2.24, 2.45) is 0 Å². The molecular formula is C39H78KNO2. The largest absolute Gasteiger partial charge is 1.00 e. The molecule has 0 amide bonds. The molecule has 0 aromatic heterocycles. The van der Waals surface area contributed by atoms with Crippen LogP contribution in [0.4, 0.5) is 0 Å². The van der Waals surface area contributed by atoms with Gasteiger partial charge < -0.3 is 9.90 Å². The summed E-state index contributed by atoms with van der Waals surface area (Å²) in [5.41, 5.74) is 0. The zero-order chi connectivity index (χ0) is 30.8. The molecular weight excluding hydrogens is 554 g/mol. The second-order valence-corrected chi connectivity index (χ2v) is 13.6. The number of carbonyl (C=O) groups is 1. The monoisotopic (exact) mass is 632 g/mol. The van der Waals surface area contributed by atoms with Gasteiger partial charge in [0.25, 0.3) is 0 Å². The SMILES string of the molecule is CCCCCCCCCCCCCCCCCCN(CCCCCCCCCCCCCCCCCC)C(C)C(=O)[O-].[K+]. The van der Waals surface area contributed by atoms with Gasteiger partial charge in [-0.2, -0.15) is 0 Å². The first-order valence-electron chi connectivity index (χ1n) is 19.6. The molecule has 0 radical (unpaired) electrons. The van der Waals surface area contributed by atoms with Crippen LogP contribution >= 0.6 is 0 Å². The van der Waals surface area contributed by atoms with Crippen LogP contribution in [0, 0.1) is 0 Å². The number of hydrogen-bond acceptors (Lipinski definition) is 3. The molecule has 0 saturated carbocycles. The molecule has 0 rings (SSSR count). The summed E-state index contributed by atoms with van der Waals surface area (Å²) in [5.74, 6) is -0.914. The molecule has 0 fully saturated rings.